The molecule has 0 saturated carbocycles. The van der Waals surface area contributed by atoms with E-state index < -0.39 is 11.4 Å². The molecule has 0 aromatic heterocycles. The molecule has 166 valence electrons. The SMILES string of the molecule is CCCCCCCCC=CCCCCCCC(CC(C)C)(CC(C)C)C(=O)O. The van der Waals surface area contributed by atoms with Crippen LogP contribution in [0.3, 0.4) is 0 Å². The molecule has 0 aromatic carbocycles. The number of hydrogen-bond donors (Lipinski definition) is 1. The molecule has 0 aromatic rings. The highest BCUT2D eigenvalue weighted by molar-refractivity contribution is 5.74. The fourth-order valence-corrected chi connectivity index (χ4v) is 4.49. The van der Waals surface area contributed by atoms with Gasteiger partial charge in [0.25, 0.3) is 0 Å². The van der Waals surface area contributed by atoms with Gasteiger partial charge in [0.1, 0.15) is 0 Å². The van der Waals surface area contributed by atoms with Gasteiger partial charge in [-0.2, -0.15) is 0 Å². The van der Waals surface area contributed by atoms with Gasteiger partial charge in [-0.05, 0) is 56.8 Å². The molecule has 1 N–H and O–H groups in total. The highest BCUT2D eigenvalue weighted by Gasteiger charge is 2.38. The number of hydrogen-bond acceptors (Lipinski definition) is 1. The Morgan fingerprint density at radius 2 is 1.18 bits per heavy atom. The lowest BCUT2D eigenvalue weighted by Gasteiger charge is -2.33. The van der Waals surface area contributed by atoms with Crippen molar-refractivity contribution in [3.05, 3.63) is 12.2 Å². The zero-order chi connectivity index (χ0) is 21.3. The third kappa shape index (κ3) is 14.2. The first-order valence-corrected chi connectivity index (χ1v) is 12.2. The Morgan fingerprint density at radius 3 is 1.61 bits per heavy atom. The second-order valence-electron chi connectivity index (χ2n) is 9.76. The summed E-state index contributed by atoms with van der Waals surface area (Å²) < 4.78 is 0. The highest BCUT2D eigenvalue weighted by Crippen LogP contribution is 2.39. The van der Waals surface area contributed by atoms with Crippen LogP contribution in [-0.4, -0.2) is 11.1 Å². The molecule has 0 aliphatic rings. The van der Waals surface area contributed by atoms with Crippen LogP contribution in [0.5, 0.6) is 0 Å². The Kier molecular flexibility index (Phi) is 16.6. The normalized spacial score (nSPS) is 12.5. The van der Waals surface area contributed by atoms with Gasteiger partial charge in [-0.3, -0.25) is 4.79 Å². The summed E-state index contributed by atoms with van der Waals surface area (Å²) in [6.07, 6.45) is 22.5. The van der Waals surface area contributed by atoms with E-state index in [2.05, 4.69) is 46.8 Å². The summed E-state index contributed by atoms with van der Waals surface area (Å²) in [4.78, 5) is 12.0. The van der Waals surface area contributed by atoms with Crippen LogP contribution < -0.4 is 0 Å². The summed E-state index contributed by atoms with van der Waals surface area (Å²) in [6, 6.07) is 0. The van der Waals surface area contributed by atoms with Crippen LogP contribution in [-0.2, 0) is 4.79 Å². The molecule has 0 amide bonds. The monoisotopic (exact) mass is 394 g/mol. The van der Waals surface area contributed by atoms with Crippen LogP contribution in [0.25, 0.3) is 0 Å². The topological polar surface area (TPSA) is 37.3 Å². The first-order chi connectivity index (χ1) is 13.3. The molecule has 0 unspecified atom stereocenters. The van der Waals surface area contributed by atoms with Gasteiger partial charge < -0.3 is 5.11 Å². The summed E-state index contributed by atoms with van der Waals surface area (Å²) in [5.74, 6) is 0.297. The highest BCUT2D eigenvalue weighted by atomic mass is 16.4. The molecule has 0 spiro atoms. The molecule has 2 heteroatoms. The summed E-state index contributed by atoms with van der Waals surface area (Å²) in [7, 11) is 0. The van der Waals surface area contributed by atoms with Crippen LogP contribution in [0.15, 0.2) is 12.2 Å². The lowest BCUT2D eigenvalue weighted by Crippen LogP contribution is -2.34. The average molecular weight is 395 g/mol. The van der Waals surface area contributed by atoms with Crippen LogP contribution in [0.2, 0.25) is 0 Å². The number of unbranched alkanes of at least 4 members (excludes halogenated alkanes) is 10. The predicted octanol–water partition coefficient (Wildman–Crippen LogP) is 8.80. The maximum Gasteiger partial charge on any atom is 0.309 e. The Labute approximate surface area is 176 Å². The number of carbonyl (C=O) groups is 1. The van der Waals surface area contributed by atoms with Crippen LogP contribution >= 0.6 is 0 Å². The summed E-state index contributed by atoms with van der Waals surface area (Å²) in [6.45, 7) is 10.9. The molecular formula is C26H50O2. The maximum atomic E-state index is 12.0. The van der Waals surface area contributed by atoms with Crippen molar-refractivity contribution >= 4 is 5.97 Å². The van der Waals surface area contributed by atoms with Crippen molar-refractivity contribution in [2.24, 2.45) is 17.3 Å². The molecule has 0 aliphatic heterocycles. The van der Waals surface area contributed by atoms with Crippen LogP contribution in [0, 0.1) is 17.3 Å². The van der Waals surface area contributed by atoms with E-state index in [1.54, 1.807) is 0 Å². The molecule has 0 bridgehead atoms. The Morgan fingerprint density at radius 1 is 0.750 bits per heavy atom. The standard InChI is InChI=1S/C26H50O2/c1-6-7-8-9-10-11-12-13-14-15-16-17-18-19-20-26(25(27)28,21-23(2)3)22-24(4)5/h13-14,23-24H,6-12,15-22H2,1-5H3,(H,27,28). The van der Waals surface area contributed by atoms with Crippen LogP contribution in [0.4, 0.5) is 0 Å². The quantitative estimate of drug-likeness (QED) is 0.175. The molecule has 0 rings (SSSR count). The zero-order valence-corrected chi connectivity index (χ0v) is 19.8. The molecule has 2 nitrogen and oxygen atoms in total. The predicted molar refractivity (Wildman–Crippen MR) is 124 cm³/mol. The molecule has 0 heterocycles. The van der Waals surface area contributed by atoms with E-state index in [-0.39, 0.29) is 0 Å². The fraction of sp³-hybridized carbons (Fsp3) is 0.885. The first kappa shape index (κ1) is 27.2. The lowest BCUT2D eigenvalue weighted by atomic mass is 9.71. The summed E-state index contributed by atoms with van der Waals surface area (Å²) in [5.41, 5.74) is -0.515. The molecule has 28 heavy (non-hydrogen) atoms. The van der Waals surface area contributed by atoms with Crippen molar-refractivity contribution in [1.82, 2.24) is 0 Å². The van der Waals surface area contributed by atoms with E-state index >= 15 is 0 Å². The largest absolute Gasteiger partial charge is 0.481 e. The zero-order valence-electron chi connectivity index (χ0n) is 19.8. The van der Waals surface area contributed by atoms with Crippen molar-refractivity contribution in [2.45, 2.75) is 131 Å². The molecule has 0 atom stereocenters. The maximum absolute atomic E-state index is 12.0. The molecule has 0 saturated heterocycles. The minimum atomic E-state index is -0.576. The molecule has 0 aliphatic carbocycles. The van der Waals surface area contributed by atoms with Crippen molar-refractivity contribution < 1.29 is 9.90 Å². The Balaban J connectivity index is 3.93. The van der Waals surface area contributed by atoms with Gasteiger partial charge in [-0.25, -0.2) is 0 Å². The minimum Gasteiger partial charge on any atom is -0.481 e. The van der Waals surface area contributed by atoms with E-state index in [4.69, 9.17) is 0 Å². The lowest BCUT2D eigenvalue weighted by molar-refractivity contribution is -0.152. The van der Waals surface area contributed by atoms with Gasteiger partial charge >= 0.3 is 5.97 Å². The Hall–Kier alpha value is -0.790. The minimum absolute atomic E-state index is 0.437. The van der Waals surface area contributed by atoms with Crippen molar-refractivity contribution in [1.29, 1.82) is 0 Å². The molecule has 0 fully saturated rings. The third-order valence-corrected chi connectivity index (χ3v) is 5.72. The van der Waals surface area contributed by atoms with Gasteiger partial charge in [0.15, 0.2) is 0 Å². The van der Waals surface area contributed by atoms with Crippen molar-refractivity contribution in [3.63, 3.8) is 0 Å². The van der Waals surface area contributed by atoms with Gasteiger partial charge in [-0.15, -0.1) is 0 Å². The van der Waals surface area contributed by atoms with Gasteiger partial charge in [0.05, 0.1) is 5.41 Å². The summed E-state index contributed by atoms with van der Waals surface area (Å²) in [5, 5.41) is 9.92. The molecular weight excluding hydrogens is 344 g/mol. The second-order valence-corrected chi connectivity index (χ2v) is 9.76. The number of rotatable bonds is 19. The van der Waals surface area contributed by atoms with Crippen molar-refractivity contribution in [3.8, 4) is 0 Å². The van der Waals surface area contributed by atoms with E-state index in [0.29, 0.717) is 11.8 Å². The van der Waals surface area contributed by atoms with Gasteiger partial charge in [-0.1, -0.05) is 98.1 Å². The molecule has 0 radical (unpaired) electrons. The third-order valence-electron chi connectivity index (χ3n) is 5.72. The second kappa shape index (κ2) is 17.1. The van der Waals surface area contributed by atoms with E-state index in [1.807, 2.05) is 0 Å². The average Bonchev–Trinajstić information content (AvgIpc) is 2.60. The first-order valence-electron chi connectivity index (χ1n) is 12.2. The van der Waals surface area contributed by atoms with E-state index in [9.17, 15) is 9.90 Å². The fourth-order valence-electron chi connectivity index (χ4n) is 4.49. The number of carboxylic acid groups (broad SMARTS) is 1. The number of carboxylic acids is 1. The van der Waals surface area contributed by atoms with Crippen LogP contribution in [0.1, 0.15) is 131 Å². The Bertz CT molecular complexity index is 385. The van der Waals surface area contributed by atoms with Gasteiger partial charge in [0, 0.05) is 0 Å². The van der Waals surface area contributed by atoms with Crippen molar-refractivity contribution in [2.75, 3.05) is 0 Å². The van der Waals surface area contributed by atoms with Gasteiger partial charge in [0.2, 0.25) is 0 Å². The number of allylic oxidation sites excluding steroid dienone is 2. The smallest absolute Gasteiger partial charge is 0.309 e. The van der Waals surface area contributed by atoms with E-state index in [0.717, 1.165) is 32.1 Å². The number of aliphatic carboxylic acids is 1. The van der Waals surface area contributed by atoms with E-state index in [1.165, 1.54) is 64.2 Å². The summed E-state index contributed by atoms with van der Waals surface area (Å²) >= 11 is 0.